The molecule has 2 aromatic carbocycles. The summed E-state index contributed by atoms with van der Waals surface area (Å²) in [6.45, 7) is 3.50. The number of carbonyl (C=O) groups is 2. The number of aryl methyl sites for hydroxylation is 1. The van der Waals surface area contributed by atoms with Crippen molar-refractivity contribution >= 4 is 29.0 Å². The second kappa shape index (κ2) is 6.04. The van der Waals surface area contributed by atoms with E-state index in [0.29, 0.717) is 16.3 Å². The third kappa shape index (κ3) is 2.62. The molecule has 0 aromatic heterocycles. The van der Waals surface area contributed by atoms with Gasteiger partial charge in [-0.2, -0.15) is 0 Å². The monoisotopic (exact) mass is 343 g/mol. The smallest absolute Gasteiger partial charge is 0.264 e. The van der Waals surface area contributed by atoms with Crippen molar-refractivity contribution in [3.63, 3.8) is 0 Å². The average Bonchev–Trinajstić information content (AvgIpc) is 2.72. The summed E-state index contributed by atoms with van der Waals surface area (Å²) in [6.07, 6.45) is -0.235. The molecule has 1 N–H and O–H groups in total. The quantitative estimate of drug-likeness (QED) is 0.926. The van der Waals surface area contributed by atoms with Crippen molar-refractivity contribution in [3.8, 4) is 0 Å². The fraction of sp³-hybridized carbons (Fsp3) is 0.263. The van der Waals surface area contributed by atoms with Crippen LogP contribution < -0.4 is 4.90 Å². The first kappa shape index (κ1) is 16.7. The number of para-hydroxylation sites is 1. The Balaban J connectivity index is 2.10. The van der Waals surface area contributed by atoms with Crippen LogP contribution in [0, 0.1) is 6.92 Å². The van der Waals surface area contributed by atoms with Gasteiger partial charge in [-0.05, 0) is 31.0 Å². The Hall–Kier alpha value is -2.17. The number of ketones is 1. The van der Waals surface area contributed by atoms with Gasteiger partial charge in [-0.3, -0.25) is 9.59 Å². The molecule has 1 unspecified atom stereocenters. The van der Waals surface area contributed by atoms with Crippen molar-refractivity contribution in [3.05, 3.63) is 64.2 Å². The molecule has 4 nitrogen and oxygen atoms in total. The minimum absolute atomic E-state index is 0.235. The zero-order chi connectivity index (χ0) is 17.5. The molecule has 0 radical (unpaired) electrons. The number of rotatable bonds is 4. The van der Waals surface area contributed by atoms with E-state index in [9.17, 15) is 14.7 Å². The fourth-order valence-electron chi connectivity index (χ4n) is 3.27. The Bertz CT molecular complexity index is 833. The van der Waals surface area contributed by atoms with Crippen molar-refractivity contribution in [1.29, 1.82) is 0 Å². The molecular weight excluding hydrogens is 326 g/mol. The van der Waals surface area contributed by atoms with E-state index < -0.39 is 11.5 Å². The highest BCUT2D eigenvalue weighted by Gasteiger charge is 2.50. The summed E-state index contributed by atoms with van der Waals surface area (Å²) in [5.74, 6) is -0.722. The van der Waals surface area contributed by atoms with Crippen LogP contribution >= 0.6 is 11.6 Å². The lowest BCUT2D eigenvalue weighted by Crippen LogP contribution is -2.41. The van der Waals surface area contributed by atoms with E-state index in [2.05, 4.69) is 0 Å². The molecule has 2 aromatic rings. The molecular formula is C19H18ClNO3. The lowest BCUT2D eigenvalue weighted by molar-refractivity contribution is -0.141. The molecule has 3 rings (SSSR count). The highest BCUT2D eigenvalue weighted by atomic mass is 35.5. The summed E-state index contributed by atoms with van der Waals surface area (Å²) in [7, 11) is 0. The Morgan fingerprint density at radius 1 is 1.21 bits per heavy atom. The molecule has 0 saturated heterocycles. The molecule has 1 heterocycles. The number of benzene rings is 2. The van der Waals surface area contributed by atoms with Gasteiger partial charge in [0, 0.05) is 17.0 Å². The molecule has 0 saturated carbocycles. The second-order valence-electron chi connectivity index (χ2n) is 6.19. The first-order valence-corrected chi connectivity index (χ1v) is 8.09. The van der Waals surface area contributed by atoms with E-state index in [1.165, 1.54) is 11.8 Å². The van der Waals surface area contributed by atoms with Gasteiger partial charge in [0.2, 0.25) is 0 Å². The number of amides is 1. The Labute approximate surface area is 145 Å². The van der Waals surface area contributed by atoms with E-state index in [1.807, 2.05) is 31.2 Å². The van der Waals surface area contributed by atoms with Crippen LogP contribution in [0.3, 0.4) is 0 Å². The minimum atomic E-state index is -1.81. The highest BCUT2D eigenvalue weighted by molar-refractivity contribution is 6.31. The summed E-state index contributed by atoms with van der Waals surface area (Å²) in [6, 6.07) is 12.6. The van der Waals surface area contributed by atoms with E-state index in [0.717, 1.165) is 11.1 Å². The molecule has 0 spiro atoms. The number of carbonyl (C=O) groups excluding carboxylic acids is 2. The number of hydrogen-bond acceptors (Lipinski definition) is 3. The molecule has 1 amide bonds. The summed E-state index contributed by atoms with van der Waals surface area (Å²) in [4.78, 5) is 26.1. The van der Waals surface area contributed by atoms with Crippen LogP contribution in [0.1, 0.15) is 30.0 Å². The van der Waals surface area contributed by atoms with Crippen LogP contribution in [0.4, 0.5) is 5.69 Å². The Kier molecular flexibility index (Phi) is 4.20. The van der Waals surface area contributed by atoms with Crippen LogP contribution in [0.25, 0.3) is 0 Å². The lowest BCUT2D eigenvalue weighted by Gasteiger charge is -2.22. The van der Waals surface area contributed by atoms with E-state index in [-0.39, 0.29) is 18.7 Å². The van der Waals surface area contributed by atoms with Crippen LogP contribution in [-0.2, 0) is 21.7 Å². The van der Waals surface area contributed by atoms with Gasteiger partial charge in [0.25, 0.3) is 5.91 Å². The molecule has 1 aliphatic heterocycles. The topological polar surface area (TPSA) is 57.6 Å². The average molecular weight is 344 g/mol. The predicted molar refractivity (Wildman–Crippen MR) is 93.0 cm³/mol. The van der Waals surface area contributed by atoms with Crippen molar-refractivity contribution in [1.82, 2.24) is 0 Å². The van der Waals surface area contributed by atoms with Gasteiger partial charge in [-0.1, -0.05) is 48.0 Å². The normalized spacial score (nSPS) is 19.5. The first-order valence-electron chi connectivity index (χ1n) is 7.72. The van der Waals surface area contributed by atoms with Crippen molar-refractivity contribution in [2.75, 3.05) is 4.90 Å². The Morgan fingerprint density at radius 2 is 1.92 bits per heavy atom. The number of anilines is 1. The lowest BCUT2D eigenvalue weighted by atomic mass is 9.89. The highest BCUT2D eigenvalue weighted by Crippen LogP contribution is 2.45. The van der Waals surface area contributed by atoms with Crippen LogP contribution in [0.2, 0.25) is 5.02 Å². The molecule has 1 aliphatic rings. The molecule has 124 valence electrons. The van der Waals surface area contributed by atoms with Crippen molar-refractivity contribution < 1.29 is 14.7 Å². The summed E-state index contributed by atoms with van der Waals surface area (Å²) >= 11 is 6.22. The van der Waals surface area contributed by atoms with Gasteiger partial charge in [-0.25, -0.2) is 0 Å². The van der Waals surface area contributed by atoms with Gasteiger partial charge >= 0.3 is 0 Å². The molecule has 1 atom stereocenters. The van der Waals surface area contributed by atoms with Gasteiger partial charge in [0.15, 0.2) is 5.60 Å². The third-order valence-electron chi connectivity index (χ3n) is 4.34. The molecule has 0 fully saturated rings. The molecule has 0 aliphatic carbocycles. The van der Waals surface area contributed by atoms with Crippen molar-refractivity contribution in [2.24, 2.45) is 0 Å². The third-order valence-corrected chi connectivity index (χ3v) is 4.71. The summed E-state index contributed by atoms with van der Waals surface area (Å²) in [5.41, 5.74) is 0.983. The zero-order valence-corrected chi connectivity index (χ0v) is 14.3. The maximum absolute atomic E-state index is 13.0. The number of halogens is 1. The zero-order valence-electron chi connectivity index (χ0n) is 13.5. The summed E-state index contributed by atoms with van der Waals surface area (Å²) in [5, 5.41) is 11.5. The van der Waals surface area contributed by atoms with E-state index >= 15 is 0 Å². The number of nitrogens with zero attached hydrogens (tertiary/aromatic N) is 1. The van der Waals surface area contributed by atoms with Crippen molar-refractivity contribution in [2.45, 2.75) is 32.4 Å². The largest absolute Gasteiger partial charge is 0.375 e. The van der Waals surface area contributed by atoms with E-state index in [1.54, 1.807) is 18.2 Å². The first-order chi connectivity index (χ1) is 11.3. The molecule has 0 bridgehead atoms. The fourth-order valence-corrected chi connectivity index (χ4v) is 3.47. The standard InChI is InChI=1S/C19H18ClNO3/c1-12-6-5-8-15-17(12)21(11-14-7-3-4-9-16(14)20)18(23)19(15,24)10-13(2)22/h3-9,24H,10-11H2,1-2H3. The SMILES string of the molecule is CC(=O)CC1(O)C(=O)N(Cc2ccccc2Cl)c2c(C)cccc21. The number of hydrogen-bond donors (Lipinski definition) is 1. The second-order valence-corrected chi connectivity index (χ2v) is 6.60. The molecule has 24 heavy (non-hydrogen) atoms. The maximum Gasteiger partial charge on any atom is 0.264 e. The van der Waals surface area contributed by atoms with Crippen LogP contribution in [-0.4, -0.2) is 16.8 Å². The minimum Gasteiger partial charge on any atom is -0.375 e. The van der Waals surface area contributed by atoms with Gasteiger partial charge in [0.05, 0.1) is 12.2 Å². The van der Waals surface area contributed by atoms with Gasteiger partial charge < -0.3 is 10.0 Å². The van der Waals surface area contributed by atoms with E-state index in [4.69, 9.17) is 11.6 Å². The molecule has 5 heteroatoms. The predicted octanol–water partition coefficient (Wildman–Crippen LogP) is 3.36. The van der Waals surface area contributed by atoms with Crippen LogP contribution in [0.15, 0.2) is 42.5 Å². The van der Waals surface area contributed by atoms with Crippen LogP contribution in [0.5, 0.6) is 0 Å². The number of aliphatic hydroxyl groups is 1. The Morgan fingerprint density at radius 3 is 2.58 bits per heavy atom. The number of fused-ring (bicyclic) bond motifs is 1. The number of Topliss-reactive ketones (excluding diaryl/α,β-unsaturated/α-hetero) is 1. The maximum atomic E-state index is 13.0. The van der Waals surface area contributed by atoms with Gasteiger partial charge in [-0.15, -0.1) is 0 Å². The van der Waals surface area contributed by atoms with Gasteiger partial charge in [0.1, 0.15) is 5.78 Å². The summed E-state index contributed by atoms with van der Waals surface area (Å²) < 4.78 is 0.